The maximum atomic E-state index is 12.4. The number of nitrogens with zero attached hydrogens (tertiary/aromatic N) is 1. The Balaban J connectivity index is 0.00000180. The Morgan fingerprint density at radius 2 is 1.89 bits per heavy atom. The second-order valence-electron chi connectivity index (χ2n) is 4.75. The molecule has 4 nitrogen and oxygen atoms in total. The van der Waals surface area contributed by atoms with Crippen molar-refractivity contribution in [3.05, 3.63) is 28.7 Å². The highest BCUT2D eigenvalue weighted by molar-refractivity contribution is 9.10. The number of rotatable bonds is 2. The van der Waals surface area contributed by atoms with Gasteiger partial charge in [-0.1, -0.05) is 22.9 Å². The van der Waals surface area contributed by atoms with Crippen LogP contribution in [0.3, 0.4) is 0 Å². The maximum absolute atomic E-state index is 12.4. The lowest BCUT2D eigenvalue weighted by molar-refractivity contribution is 0.250. The van der Waals surface area contributed by atoms with Crippen LogP contribution < -0.4 is 5.73 Å². The van der Waals surface area contributed by atoms with Crippen LogP contribution in [0.1, 0.15) is 13.3 Å². The summed E-state index contributed by atoms with van der Waals surface area (Å²) in [5, 5.41) is 0. The molecule has 1 saturated heterocycles. The van der Waals surface area contributed by atoms with Crippen LogP contribution in [-0.2, 0) is 10.0 Å². The minimum Gasteiger partial charge on any atom is -0.327 e. The monoisotopic (exact) mass is 368 g/mol. The van der Waals surface area contributed by atoms with E-state index in [-0.39, 0.29) is 24.4 Å². The van der Waals surface area contributed by atoms with Gasteiger partial charge in [0, 0.05) is 23.6 Å². The number of benzene rings is 1. The molecule has 1 heterocycles. The number of halogens is 2. The van der Waals surface area contributed by atoms with Gasteiger partial charge in [-0.3, -0.25) is 0 Å². The molecule has 0 saturated carbocycles. The lowest BCUT2D eigenvalue weighted by Gasteiger charge is -2.34. The molecule has 2 atom stereocenters. The molecule has 0 amide bonds. The first-order chi connectivity index (χ1) is 8.41. The molecule has 1 aromatic rings. The first-order valence-electron chi connectivity index (χ1n) is 5.92. The summed E-state index contributed by atoms with van der Waals surface area (Å²) >= 11 is 3.30. The zero-order chi connectivity index (χ0) is 13.3. The highest BCUT2D eigenvalue weighted by atomic mass is 79.9. The summed E-state index contributed by atoms with van der Waals surface area (Å²) in [6.07, 6.45) is 0.719. The van der Waals surface area contributed by atoms with Crippen molar-refractivity contribution in [3.8, 4) is 0 Å². The highest BCUT2D eigenvalue weighted by Crippen LogP contribution is 2.24. The summed E-state index contributed by atoms with van der Waals surface area (Å²) < 4.78 is 27.2. The van der Waals surface area contributed by atoms with Crippen LogP contribution in [0.2, 0.25) is 0 Å². The molecule has 1 aliphatic rings. The van der Waals surface area contributed by atoms with E-state index < -0.39 is 10.0 Å². The van der Waals surface area contributed by atoms with Gasteiger partial charge < -0.3 is 5.73 Å². The van der Waals surface area contributed by atoms with E-state index in [1.165, 1.54) is 4.31 Å². The summed E-state index contributed by atoms with van der Waals surface area (Å²) in [6.45, 7) is 3.00. The molecule has 1 fully saturated rings. The van der Waals surface area contributed by atoms with Gasteiger partial charge in [0.1, 0.15) is 0 Å². The molecule has 1 aliphatic heterocycles. The Hall–Kier alpha value is -0.140. The lowest BCUT2D eigenvalue weighted by Crippen LogP contribution is -2.48. The number of hydrogen-bond acceptors (Lipinski definition) is 3. The van der Waals surface area contributed by atoms with Crippen molar-refractivity contribution in [1.29, 1.82) is 0 Å². The molecule has 0 radical (unpaired) electrons. The third-order valence-corrected chi connectivity index (χ3v) is 5.79. The van der Waals surface area contributed by atoms with Crippen molar-refractivity contribution in [2.75, 3.05) is 13.1 Å². The predicted octanol–water partition coefficient (Wildman–Crippen LogP) is 2.23. The van der Waals surface area contributed by atoms with E-state index >= 15 is 0 Å². The van der Waals surface area contributed by atoms with E-state index in [1.54, 1.807) is 24.3 Å². The zero-order valence-electron chi connectivity index (χ0n) is 10.6. The van der Waals surface area contributed by atoms with Crippen LogP contribution in [0.15, 0.2) is 33.6 Å². The predicted molar refractivity (Wildman–Crippen MR) is 81.9 cm³/mol. The summed E-state index contributed by atoms with van der Waals surface area (Å²) in [6, 6.07) is 6.83. The second-order valence-corrected chi connectivity index (χ2v) is 7.60. The summed E-state index contributed by atoms with van der Waals surface area (Å²) in [4.78, 5) is 0.341. The van der Waals surface area contributed by atoms with E-state index in [0.717, 1.165) is 10.9 Å². The Morgan fingerprint density at radius 3 is 2.42 bits per heavy atom. The fraction of sp³-hybridized carbons (Fsp3) is 0.500. The quantitative estimate of drug-likeness (QED) is 0.869. The van der Waals surface area contributed by atoms with Crippen molar-refractivity contribution in [2.45, 2.75) is 24.3 Å². The van der Waals surface area contributed by atoms with E-state index in [4.69, 9.17) is 5.73 Å². The normalized spacial score (nSPS) is 24.8. The van der Waals surface area contributed by atoms with Crippen LogP contribution in [-0.4, -0.2) is 31.9 Å². The molecular formula is C12H18BrClN2O2S. The third kappa shape index (κ3) is 3.70. The molecule has 2 rings (SSSR count). The van der Waals surface area contributed by atoms with E-state index in [1.807, 2.05) is 6.92 Å². The molecule has 2 unspecified atom stereocenters. The summed E-state index contributed by atoms with van der Waals surface area (Å²) in [5.41, 5.74) is 5.91. The summed E-state index contributed by atoms with van der Waals surface area (Å²) in [7, 11) is -3.38. The summed E-state index contributed by atoms with van der Waals surface area (Å²) in [5.74, 6) is 0.198. The van der Waals surface area contributed by atoms with E-state index in [9.17, 15) is 8.42 Å². The molecule has 7 heteroatoms. The Bertz CT molecular complexity index is 521. The SMILES string of the molecule is CC1CN(S(=O)(=O)c2ccc(Br)cc2)CCC1N.Cl. The molecule has 0 aliphatic carbocycles. The van der Waals surface area contributed by atoms with Gasteiger partial charge >= 0.3 is 0 Å². The minimum atomic E-state index is -3.38. The van der Waals surface area contributed by atoms with Crippen LogP contribution in [0.5, 0.6) is 0 Å². The van der Waals surface area contributed by atoms with Crippen LogP contribution >= 0.6 is 28.3 Å². The number of nitrogens with two attached hydrogens (primary N) is 1. The Morgan fingerprint density at radius 1 is 1.32 bits per heavy atom. The van der Waals surface area contributed by atoms with Crippen molar-refractivity contribution < 1.29 is 8.42 Å². The Labute approximate surface area is 128 Å². The standard InChI is InChI=1S/C12H17BrN2O2S.ClH/c1-9-8-15(7-6-12(9)14)18(16,17)11-4-2-10(13)3-5-11;/h2-5,9,12H,6-8,14H2,1H3;1H. The van der Waals surface area contributed by atoms with Gasteiger partial charge in [0.2, 0.25) is 10.0 Å². The second kappa shape index (κ2) is 6.54. The largest absolute Gasteiger partial charge is 0.327 e. The molecule has 0 aromatic heterocycles. The average molecular weight is 370 g/mol. The van der Waals surface area contributed by atoms with E-state index in [2.05, 4.69) is 15.9 Å². The van der Waals surface area contributed by atoms with Gasteiger partial charge in [-0.2, -0.15) is 4.31 Å². The maximum Gasteiger partial charge on any atom is 0.243 e. The van der Waals surface area contributed by atoms with Crippen molar-refractivity contribution in [2.24, 2.45) is 11.7 Å². The smallest absolute Gasteiger partial charge is 0.243 e. The molecule has 108 valence electrons. The number of piperidine rings is 1. The van der Waals surface area contributed by atoms with Crippen LogP contribution in [0.4, 0.5) is 0 Å². The van der Waals surface area contributed by atoms with Crippen molar-refractivity contribution >= 4 is 38.4 Å². The fourth-order valence-electron chi connectivity index (χ4n) is 2.10. The van der Waals surface area contributed by atoms with Crippen LogP contribution in [0.25, 0.3) is 0 Å². The van der Waals surface area contributed by atoms with Crippen molar-refractivity contribution in [3.63, 3.8) is 0 Å². The number of sulfonamides is 1. The van der Waals surface area contributed by atoms with Crippen molar-refractivity contribution in [1.82, 2.24) is 4.31 Å². The topological polar surface area (TPSA) is 63.4 Å². The molecule has 1 aromatic carbocycles. The molecule has 0 spiro atoms. The first-order valence-corrected chi connectivity index (χ1v) is 8.16. The molecule has 0 bridgehead atoms. The first kappa shape index (κ1) is 16.9. The zero-order valence-corrected chi connectivity index (χ0v) is 13.8. The Kier molecular flexibility index (Phi) is 5.82. The van der Waals surface area contributed by atoms with Gasteiger partial charge in [-0.15, -0.1) is 12.4 Å². The number of hydrogen-bond donors (Lipinski definition) is 1. The van der Waals surface area contributed by atoms with Gasteiger partial charge in [-0.05, 0) is 36.6 Å². The average Bonchev–Trinajstić information content (AvgIpc) is 2.33. The van der Waals surface area contributed by atoms with Gasteiger partial charge in [0.05, 0.1) is 4.90 Å². The third-order valence-electron chi connectivity index (χ3n) is 3.39. The van der Waals surface area contributed by atoms with Crippen LogP contribution in [0, 0.1) is 5.92 Å². The molecule has 19 heavy (non-hydrogen) atoms. The van der Waals surface area contributed by atoms with E-state index in [0.29, 0.717) is 18.0 Å². The minimum absolute atomic E-state index is 0. The van der Waals surface area contributed by atoms with Gasteiger partial charge in [-0.25, -0.2) is 8.42 Å². The highest BCUT2D eigenvalue weighted by Gasteiger charge is 2.31. The molecule has 2 N–H and O–H groups in total. The fourth-order valence-corrected chi connectivity index (χ4v) is 3.92. The lowest BCUT2D eigenvalue weighted by atomic mass is 9.96. The van der Waals surface area contributed by atoms with Gasteiger partial charge in [0.15, 0.2) is 0 Å². The van der Waals surface area contributed by atoms with Gasteiger partial charge in [0.25, 0.3) is 0 Å². The molecular weight excluding hydrogens is 352 g/mol.